The molecule has 2 aliphatic heterocycles. The number of unbranched alkanes of at least 4 members (excludes halogenated alkanes) is 1. The van der Waals surface area contributed by atoms with Crippen LogP contribution in [-0.2, 0) is 11.2 Å². The van der Waals surface area contributed by atoms with Crippen molar-refractivity contribution in [2.24, 2.45) is 0 Å². The summed E-state index contributed by atoms with van der Waals surface area (Å²) in [5, 5.41) is 1.05. The van der Waals surface area contributed by atoms with E-state index in [0.717, 1.165) is 35.0 Å². The van der Waals surface area contributed by atoms with Crippen molar-refractivity contribution in [3.63, 3.8) is 0 Å². The van der Waals surface area contributed by atoms with Gasteiger partial charge in [-0.3, -0.25) is 14.6 Å². The van der Waals surface area contributed by atoms with Gasteiger partial charge in [-0.2, -0.15) is 0 Å². The molecule has 0 aliphatic carbocycles. The van der Waals surface area contributed by atoms with E-state index in [1.807, 2.05) is 37.3 Å². The molecule has 2 aliphatic rings. The molecule has 0 saturated carbocycles. The Kier molecular flexibility index (Phi) is 4.15. The maximum Gasteiger partial charge on any atom is 0.328 e. The van der Waals surface area contributed by atoms with E-state index in [9.17, 15) is 14.0 Å². The van der Waals surface area contributed by atoms with E-state index in [4.69, 9.17) is 0 Å². The standard InChI is InChI=1S/C23H22FN3O2/c1-2-3-11-26-22(28)19-13-17-16-9-4-5-10-18(16)25-20(17)21(27(19)23(26)29)14-7-6-8-15(24)12-14/h4-10,12,19,21,25H,2-3,11,13H2,1H3. The molecule has 1 aromatic heterocycles. The minimum Gasteiger partial charge on any atom is -0.356 e. The van der Waals surface area contributed by atoms with Crippen LogP contribution >= 0.6 is 0 Å². The maximum atomic E-state index is 14.1. The number of halogens is 1. The first-order chi connectivity index (χ1) is 14.1. The Hall–Kier alpha value is -3.15. The van der Waals surface area contributed by atoms with E-state index in [1.54, 1.807) is 11.0 Å². The fraction of sp³-hybridized carbons (Fsp3) is 0.304. The lowest BCUT2D eigenvalue weighted by molar-refractivity contribution is -0.128. The number of amides is 3. The lowest BCUT2D eigenvalue weighted by Crippen LogP contribution is -2.44. The summed E-state index contributed by atoms with van der Waals surface area (Å²) in [6.07, 6.45) is 2.15. The topological polar surface area (TPSA) is 56.4 Å². The zero-order chi connectivity index (χ0) is 20.1. The summed E-state index contributed by atoms with van der Waals surface area (Å²) in [7, 11) is 0. The maximum absolute atomic E-state index is 14.1. The van der Waals surface area contributed by atoms with E-state index in [-0.39, 0.29) is 17.8 Å². The average molecular weight is 391 g/mol. The van der Waals surface area contributed by atoms with E-state index < -0.39 is 12.1 Å². The number of fused-ring (bicyclic) bond motifs is 4. The van der Waals surface area contributed by atoms with Gasteiger partial charge in [-0.15, -0.1) is 0 Å². The number of imide groups is 1. The molecular weight excluding hydrogens is 369 g/mol. The van der Waals surface area contributed by atoms with Crippen LogP contribution in [0.5, 0.6) is 0 Å². The molecule has 1 N–H and O–H groups in total. The SMILES string of the molecule is CCCCN1C(=O)C2Cc3c([nH]c4ccccc34)C(c3cccc(F)c3)N2C1=O. The number of aromatic nitrogens is 1. The largest absolute Gasteiger partial charge is 0.356 e. The van der Waals surface area contributed by atoms with Crippen molar-refractivity contribution in [3.8, 4) is 0 Å². The highest BCUT2D eigenvalue weighted by molar-refractivity contribution is 6.05. The second kappa shape index (κ2) is 6.72. The number of nitrogens with zero attached hydrogens (tertiary/aromatic N) is 2. The number of hydrogen-bond acceptors (Lipinski definition) is 2. The first kappa shape index (κ1) is 17.9. The molecule has 2 atom stereocenters. The minimum atomic E-state index is -0.556. The number of aromatic amines is 1. The molecule has 3 heterocycles. The van der Waals surface area contributed by atoms with Crippen LogP contribution in [-0.4, -0.2) is 39.3 Å². The lowest BCUT2D eigenvalue weighted by atomic mass is 9.89. The van der Waals surface area contributed by atoms with Crippen LogP contribution in [0.4, 0.5) is 9.18 Å². The van der Waals surface area contributed by atoms with Gasteiger partial charge in [0.25, 0.3) is 5.91 Å². The smallest absolute Gasteiger partial charge is 0.328 e. The molecule has 0 bridgehead atoms. The third kappa shape index (κ3) is 2.66. The molecule has 0 spiro atoms. The summed E-state index contributed by atoms with van der Waals surface area (Å²) in [4.78, 5) is 32.9. The highest BCUT2D eigenvalue weighted by atomic mass is 19.1. The first-order valence-corrected chi connectivity index (χ1v) is 10.1. The normalized spacial score (nSPS) is 21.0. The molecule has 6 heteroatoms. The van der Waals surface area contributed by atoms with Crippen molar-refractivity contribution in [1.82, 2.24) is 14.8 Å². The van der Waals surface area contributed by atoms with Crippen LogP contribution < -0.4 is 0 Å². The predicted octanol–water partition coefficient (Wildman–Crippen LogP) is 4.39. The molecule has 3 aromatic rings. The van der Waals surface area contributed by atoms with E-state index in [2.05, 4.69) is 4.98 Å². The van der Waals surface area contributed by atoms with Gasteiger partial charge in [-0.1, -0.05) is 43.7 Å². The average Bonchev–Trinajstić information content (AvgIpc) is 3.20. The van der Waals surface area contributed by atoms with Crippen LogP contribution in [0.2, 0.25) is 0 Å². The van der Waals surface area contributed by atoms with Gasteiger partial charge in [-0.05, 0) is 35.7 Å². The van der Waals surface area contributed by atoms with Gasteiger partial charge in [0.1, 0.15) is 17.9 Å². The zero-order valence-corrected chi connectivity index (χ0v) is 16.2. The van der Waals surface area contributed by atoms with Gasteiger partial charge < -0.3 is 4.98 Å². The third-order valence-corrected chi connectivity index (χ3v) is 6.03. The van der Waals surface area contributed by atoms with E-state index >= 15 is 0 Å². The number of carbonyl (C=O) groups excluding carboxylic acids is 2. The summed E-state index contributed by atoms with van der Waals surface area (Å²) in [6.45, 7) is 2.45. The van der Waals surface area contributed by atoms with Gasteiger partial charge >= 0.3 is 6.03 Å². The van der Waals surface area contributed by atoms with E-state index in [1.165, 1.54) is 17.0 Å². The number of hydrogen-bond donors (Lipinski definition) is 1. The minimum absolute atomic E-state index is 0.152. The fourth-order valence-corrected chi connectivity index (χ4v) is 4.67. The van der Waals surface area contributed by atoms with Crippen molar-refractivity contribution in [1.29, 1.82) is 0 Å². The van der Waals surface area contributed by atoms with Gasteiger partial charge in [0.2, 0.25) is 0 Å². The molecule has 3 amide bonds. The number of para-hydroxylation sites is 1. The number of carbonyl (C=O) groups is 2. The first-order valence-electron chi connectivity index (χ1n) is 10.1. The second-order valence-corrected chi connectivity index (χ2v) is 7.77. The third-order valence-electron chi connectivity index (χ3n) is 6.03. The van der Waals surface area contributed by atoms with Crippen molar-refractivity contribution >= 4 is 22.8 Å². The molecule has 5 rings (SSSR count). The summed E-state index contributed by atoms with van der Waals surface area (Å²) < 4.78 is 14.1. The van der Waals surface area contributed by atoms with E-state index in [0.29, 0.717) is 18.5 Å². The van der Waals surface area contributed by atoms with Gasteiger partial charge in [0.15, 0.2) is 0 Å². The van der Waals surface area contributed by atoms with Crippen molar-refractivity contribution in [2.75, 3.05) is 6.54 Å². The fourth-order valence-electron chi connectivity index (χ4n) is 4.67. The van der Waals surface area contributed by atoms with Crippen molar-refractivity contribution < 1.29 is 14.0 Å². The number of H-pyrrole nitrogens is 1. The molecule has 0 radical (unpaired) electrons. The Morgan fingerprint density at radius 3 is 2.76 bits per heavy atom. The molecule has 2 unspecified atom stereocenters. The zero-order valence-electron chi connectivity index (χ0n) is 16.2. The second-order valence-electron chi connectivity index (χ2n) is 7.77. The highest BCUT2D eigenvalue weighted by Gasteiger charge is 2.52. The van der Waals surface area contributed by atoms with Gasteiger partial charge in [0.05, 0.1) is 0 Å². The summed E-state index contributed by atoms with van der Waals surface area (Å²) >= 11 is 0. The Morgan fingerprint density at radius 2 is 1.97 bits per heavy atom. The Bertz CT molecular complexity index is 1120. The summed E-state index contributed by atoms with van der Waals surface area (Å²) in [5.41, 5.74) is 3.53. The number of nitrogens with one attached hydrogen (secondary N) is 1. The number of benzene rings is 2. The van der Waals surface area contributed by atoms with Gasteiger partial charge in [0, 0.05) is 29.6 Å². The van der Waals surface area contributed by atoms with Crippen molar-refractivity contribution in [3.05, 3.63) is 71.2 Å². The Morgan fingerprint density at radius 1 is 1.14 bits per heavy atom. The Labute approximate surface area is 168 Å². The summed E-state index contributed by atoms with van der Waals surface area (Å²) in [6, 6.07) is 12.9. The van der Waals surface area contributed by atoms with Crippen LogP contribution in [0.1, 0.15) is 42.6 Å². The Balaban J connectivity index is 1.69. The lowest BCUT2D eigenvalue weighted by Gasteiger charge is -2.36. The summed E-state index contributed by atoms with van der Waals surface area (Å²) in [5.74, 6) is -0.510. The highest BCUT2D eigenvalue weighted by Crippen LogP contribution is 2.44. The molecular formula is C23H22FN3O2. The van der Waals surface area contributed by atoms with Crippen LogP contribution in [0.25, 0.3) is 10.9 Å². The molecule has 5 nitrogen and oxygen atoms in total. The molecule has 1 fully saturated rings. The number of urea groups is 1. The predicted molar refractivity (Wildman–Crippen MR) is 108 cm³/mol. The monoisotopic (exact) mass is 391 g/mol. The molecule has 2 aromatic carbocycles. The van der Waals surface area contributed by atoms with Crippen LogP contribution in [0.15, 0.2) is 48.5 Å². The van der Waals surface area contributed by atoms with Crippen molar-refractivity contribution in [2.45, 2.75) is 38.3 Å². The molecule has 29 heavy (non-hydrogen) atoms. The van der Waals surface area contributed by atoms with Crippen LogP contribution in [0, 0.1) is 5.82 Å². The quantitative estimate of drug-likeness (QED) is 0.671. The van der Waals surface area contributed by atoms with Gasteiger partial charge in [-0.25, -0.2) is 9.18 Å². The molecule has 1 saturated heterocycles. The number of rotatable bonds is 4. The molecule has 148 valence electrons. The van der Waals surface area contributed by atoms with Crippen LogP contribution in [0.3, 0.4) is 0 Å².